The van der Waals surface area contributed by atoms with Gasteiger partial charge in [-0.15, -0.1) is 0 Å². The maximum atomic E-state index is 11.3. The van der Waals surface area contributed by atoms with Gasteiger partial charge < -0.3 is 10.6 Å². The number of nitrogens with zero attached hydrogens (tertiary/aromatic N) is 1. The summed E-state index contributed by atoms with van der Waals surface area (Å²) < 4.78 is 22.6. The van der Waals surface area contributed by atoms with Crippen molar-refractivity contribution in [3.8, 4) is 0 Å². The van der Waals surface area contributed by atoms with Crippen LogP contribution in [0.4, 0.5) is 0 Å². The maximum Gasteiger partial charge on any atom is 0.150 e. The van der Waals surface area contributed by atoms with Crippen LogP contribution in [-0.4, -0.2) is 51.0 Å². The summed E-state index contributed by atoms with van der Waals surface area (Å²) in [6.45, 7) is 7.58. The molecule has 1 aliphatic rings. The number of hydrogen-bond acceptors (Lipinski definition) is 4. The largest absolute Gasteiger partial charge is 0.330 e. The van der Waals surface area contributed by atoms with E-state index in [0.717, 1.165) is 39.0 Å². The van der Waals surface area contributed by atoms with Gasteiger partial charge in [0.15, 0.2) is 0 Å². The molecular formula is C11H24N2O2S. The van der Waals surface area contributed by atoms with E-state index in [-0.39, 0.29) is 11.2 Å². The average molecular weight is 248 g/mol. The zero-order chi connectivity index (χ0) is 12.2. The van der Waals surface area contributed by atoms with Crippen LogP contribution >= 0.6 is 0 Å². The molecule has 0 amide bonds. The lowest BCUT2D eigenvalue weighted by molar-refractivity contribution is 0.281. The Morgan fingerprint density at radius 3 is 2.62 bits per heavy atom. The molecule has 0 aromatic carbocycles. The van der Waals surface area contributed by atoms with Gasteiger partial charge >= 0.3 is 0 Å². The van der Waals surface area contributed by atoms with Gasteiger partial charge in [0.1, 0.15) is 9.84 Å². The van der Waals surface area contributed by atoms with Gasteiger partial charge in [0.25, 0.3) is 0 Å². The van der Waals surface area contributed by atoms with Crippen molar-refractivity contribution in [3.63, 3.8) is 0 Å². The predicted octanol–water partition coefficient (Wildman–Crippen LogP) is 0.482. The maximum absolute atomic E-state index is 11.3. The lowest BCUT2D eigenvalue weighted by atomic mass is 9.90. The SMILES string of the molecule is CCS(=O)(=O)CCCN1CCC(C)(CN)C1. The third-order valence-electron chi connectivity index (χ3n) is 3.50. The van der Waals surface area contributed by atoms with Crippen LogP contribution in [-0.2, 0) is 9.84 Å². The quantitative estimate of drug-likeness (QED) is 0.743. The van der Waals surface area contributed by atoms with Gasteiger partial charge in [-0.1, -0.05) is 13.8 Å². The second-order valence-corrected chi connectivity index (χ2v) is 7.60. The van der Waals surface area contributed by atoms with Crippen LogP contribution in [0.2, 0.25) is 0 Å². The van der Waals surface area contributed by atoms with E-state index in [4.69, 9.17) is 5.73 Å². The zero-order valence-corrected chi connectivity index (χ0v) is 11.2. The molecule has 1 rings (SSSR count). The summed E-state index contributed by atoms with van der Waals surface area (Å²) in [7, 11) is -2.80. The van der Waals surface area contributed by atoms with Crippen LogP contribution in [0, 0.1) is 5.41 Å². The number of rotatable bonds is 6. The first-order valence-electron chi connectivity index (χ1n) is 6.04. The number of sulfone groups is 1. The van der Waals surface area contributed by atoms with Gasteiger partial charge in [0, 0.05) is 12.3 Å². The van der Waals surface area contributed by atoms with E-state index in [0.29, 0.717) is 5.75 Å². The van der Waals surface area contributed by atoms with Crippen molar-refractivity contribution in [1.82, 2.24) is 4.90 Å². The first-order chi connectivity index (χ1) is 7.41. The van der Waals surface area contributed by atoms with Crippen molar-refractivity contribution in [2.45, 2.75) is 26.7 Å². The second kappa shape index (κ2) is 5.47. The molecule has 0 bridgehead atoms. The molecule has 4 nitrogen and oxygen atoms in total. The predicted molar refractivity (Wildman–Crippen MR) is 67.2 cm³/mol. The molecule has 0 saturated carbocycles. The molecule has 1 saturated heterocycles. The molecule has 1 atom stereocenters. The number of hydrogen-bond donors (Lipinski definition) is 1. The van der Waals surface area contributed by atoms with E-state index in [9.17, 15) is 8.42 Å². The normalized spacial score (nSPS) is 27.4. The first-order valence-corrected chi connectivity index (χ1v) is 7.86. The third kappa shape index (κ3) is 4.03. The minimum Gasteiger partial charge on any atom is -0.330 e. The smallest absolute Gasteiger partial charge is 0.150 e. The molecule has 1 fully saturated rings. The molecule has 0 aromatic heterocycles. The van der Waals surface area contributed by atoms with Gasteiger partial charge in [0.2, 0.25) is 0 Å². The molecule has 0 spiro atoms. The van der Waals surface area contributed by atoms with Gasteiger partial charge in [-0.3, -0.25) is 0 Å². The Kier molecular flexibility index (Phi) is 4.76. The van der Waals surface area contributed by atoms with Crippen LogP contribution in [0.5, 0.6) is 0 Å². The lowest BCUT2D eigenvalue weighted by Gasteiger charge is -2.22. The van der Waals surface area contributed by atoms with Crippen molar-refractivity contribution in [2.24, 2.45) is 11.1 Å². The standard InChI is InChI=1S/C11H24N2O2S/c1-3-16(14,15)8-4-6-13-7-5-11(2,9-12)10-13/h3-10,12H2,1-2H3. The Labute approximate surface area is 99.1 Å². The molecule has 96 valence electrons. The minimum atomic E-state index is -2.80. The average Bonchev–Trinajstić information content (AvgIpc) is 2.61. The molecule has 2 N–H and O–H groups in total. The van der Waals surface area contributed by atoms with Gasteiger partial charge in [-0.05, 0) is 37.9 Å². The fraction of sp³-hybridized carbons (Fsp3) is 1.00. The summed E-state index contributed by atoms with van der Waals surface area (Å²) in [5.41, 5.74) is 5.97. The summed E-state index contributed by atoms with van der Waals surface area (Å²) in [6, 6.07) is 0. The summed E-state index contributed by atoms with van der Waals surface area (Å²) >= 11 is 0. The van der Waals surface area contributed by atoms with Gasteiger partial charge in [0.05, 0.1) is 5.75 Å². The molecule has 1 heterocycles. The number of likely N-dealkylation sites (tertiary alicyclic amines) is 1. The molecule has 1 unspecified atom stereocenters. The van der Waals surface area contributed by atoms with Crippen LogP contribution in [0.1, 0.15) is 26.7 Å². The summed E-state index contributed by atoms with van der Waals surface area (Å²) in [4.78, 5) is 2.33. The van der Waals surface area contributed by atoms with Gasteiger partial charge in [-0.2, -0.15) is 0 Å². The molecule has 0 aliphatic carbocycles. The molecular weight excluding hydrogens is 224 g/mol. The molecule has 0 radical (unpaired) electrons. The molecule has 0 aromatic rings. The van der Waals surface area contributed by atoms with Gasteiger partial charge in [-0.25, -0.2) is 8.42 Å². The van der Waals surface area contributed by atoms with Crippen LogP contribution in [0.15, 0.2) is 0 Å². The highest BCUT2D eigenvalue weighted by molar-refractivity contribution is 7.91. The third-order valence-corrected chi connectivity index (χ3v) is 5.29. The zero-order valence-electron chi connectivity index (χ0n) is 10.4. The first kappa shape index (κ1) is 13.9. The van der Waals surface area contributed by atoms with E-state index in [1.54, 1.807) is 6.92 Å². The van der Waals surface area contributed by atoms with Crippen LogP contribution in [0.25, 0.3) is 0 Å². The Hall–Kier alpha value is -0.130. The van der Waals surface area contributed by atoms with Crippen molar-refractivity contribution in [1.29, 1.82) is 0 Å². The Bertz CT molecular complexity index is 316. The van der Waals surface area contributed by atoms with E-state index >= 15 is 0 Å². The minimum absolute atomic E-state index is 0.240. The van der Waals surface area contributed by atoms with Crippen molar-refractivity contribution < 1.29 is 8.42 Å². The molecule has 1 aliphatic heterocycles. The molecule has 16 heavy (non-hydrogen) atoms. The van der Waals surface area contributed by atoms with E-state index in [1.807, 2.05) is 0 Å². The fourth-order valence-electron chi connectivity index (χ4n) is 2.14. The van der Waals surface area contributed by atoms with E-state index in [1.165, 1.54) is 0 Å². The monoisotopic (exact) mass is 248 g/mol. The highest BCUT2D eigenvalue weighted by Crippen LogP contribution is 2.28. The van der Waals surface area contributed by atoms with Crippen molar-refractivity contribution in [3.05, 3.63) is 0 Å². The highest BCUT2D eigenvalue weighted by Gasteiger charge is 2.31. The van der Waals surface area contributed by atoms with Crippen molar-refractivity contribution >= 4 is 9.84 Å². The van der Waals surface area contributed by atoms with Crippen LogP contribution in [0.3, 0.4) is 0 Å². The number of nitrogens with two attached hydrogens (primary N) is 1. The van der Waals surface area contributed by atoms with Crippen molar-refractivity contribution in [2.75, 3.05) is 37.7 Å². The topological polar surface area (TPSA) is 63.4 Å². The summed E-state index contributed by atoms with van der Waals surface area (Å²) in [5, 5.41) is 0. The van der Waals surface area contributed by atoms with Crippen LogP contribution < -0.4 is 5.73 Å². The fourth-order valence-corrected chi connectivity index (χ4v) is 2.99. The van der Waals surface area contributed by atoms with E-state index < -0.39 is 9.84 Å². The Balaban J connectivity index is 2.26. The summed E-state index contributed by atoms with van der Waals surface area (Å²) in [6.07, 6.45) is 1.88. The summed E-state index contributed by atoms with van der Waals surface area (Å²) in [5.74, 6) is 0.576. The lowest BCUT2D eigenvalue weighted by Crippen LogP contribution is -2.32. The second-order valence-electron chi connectivity index (χ2n) is 5.13. The highest BCUT2D eigenvalue weighted by atomic mass is 32.2. The van der Waals surface area contributed by atoms with E-state index in [2.05, 4.69) is 11.8 Å². The Morgan fingerprint density at radius 1 is 1.44 bits per heavy atom. The molecule has 5 heteroatoms. The Morgan fingerprint density at radius 2 is 2.12 bits per heavy atom.